The Kier molecular flexibility index (Phi) is 4.58. The van der Waals surface area contributed by atoms with Crippen molar-refractivity contribution in [3.8, 4) is 0 Å². The maximum atomic E-state index is 5.90. The third-order valence-corrected chi connectivity index (χ3v) is 5.57. The van der Waals surface area contributed by atoms with Crippen molar-refractivity contribution in [3.05, 3.63) is 0 Å². The summed E-state index contributed by atoms with van der Waals surface area (Å²) in [5.41, 5.74) is -0.518. The minimum absolute atomic E-state index is 0.518. The summed E-state index contributed by atoms with van der Waals surface area (Å²) in [6.07, 6.45) is 8.64. The highest BCUT2D eigenvalue weighted by atomic mass is 16.9. The van der Waals surface area contributed by atoms with Gasteiger partial charge in [-0.1, -0.05) is 0 Å². The molecule has 2 aliphatic heterocycles. The molecule has 5 nitrogen and oxygen atoms in total. The zero-order valence-electron chi connectivity index (χ0n) is 13.4. The van der Waals surface area contributed by atoms with Gasteiger partial charge in [0.25, 0.3) is 0 Å². The molecule has 0 aromatic rings. The molecule has 3 aliphatic rings. The van der Waals surface area contributed by atoms with Crippen LogP contribution in [-0.4, -0.2) is 51.7 Å². The highest BCUT2D eigenvalue weighted by Crippen LogP contribution is 2.46. The predicted octanol–water partition coefficient (Wildman–Crippen LogP) is 2.48. The number of rotatable bonds is 6. The lowest BCUT2D eigenvalue weighted by atomic mass is 9.80. The third-order valence-electron chi connectivity index (χ3n) is 5.57. The predicted molar refractivity (Wildman–Crippen MR) is 76.9 cm³/mol. The number of fused-ring (bicyclic) bond motifs is 1. The fourth-order valence-corrected chi connectivity index (χ4v) is 4.22. The summed E-state index contributed by atoms with van der Waals surface area (Å²) in [7, 11) is 5.00. The van der Waals surface area contributed by atoms with E-state index in [1.165, 1.54) is 19.3 Å². The van der Waals surface area contributed by atoms with Gasteiger partial charge in [0.05, 0.1) is 18.8 Å². The number of hydrogen-bond donors (Lipinski definition) is 0. The molecule has 2 heterocycles. The highest BCUT2D eigenvalue weighted by molar-refractivity contribution is 4.96. The first kappa shape index (κ1) is 15.7. The zero-order chi connectivity index (χ0) is 14.9. The molecule has 0 aromatic heterocycles. The van der Waals surface area contributed by atoms with Gasteiger partial charge < -0.3 is 23.7 Å². The van der Waals surface area contributed by atoms with Crippen LogP contribution in [0.3, 0.4) is 0 Å². The highest BCUT2D eigenvalue weighted by Gasteiger charge is 2.57. The lowest BCUT2D eigenvalue weighted by molar-refractivity contribution is -0.445. The monoisotopic (exact) mass is 300 g/mol. The average molecular weight is 300 g/mol. The van der Waals surface area contributed by atoms with Crippen LogP contribution in [0.4, 0.5) is 0 Å². The molecule has 122 valence electrons. The fourth-order valence-electron chi connectivity index (χ4n) is 4.22. The fraction of sp³-hybridized carbons (Fsp3) is 1.00. The Hall–Kier alpha value is -0.200. The molecule has 1 saturated carbocycles. The van der Waals surface area contributed by atoms with Gasteiger partial charge in [0.15, 0.2) is 0 Å². The van der Waals surface area contributed by atoms with Crippen LogP contribution in [-0.2, 0) is 23.7 Å². The first-order chi connectivity index (χ1) is 10.2. The smallest absolute Gasteiger partial charge is 0.313 e. The van der Waals surface area contributed by atoms with Gasteiger partial charge >= 0.3 is 5.97 Å². The van der Waals surface area contributed by atoms with Gasteiger partial charge in [-0.3, -0.25) is 0 Å². The summed E-state index contributed by atoms with van der Waals surface area (Å²) < 4.78 is 28.6. The van der Waals surface area contributed by atoms with Crippen LogP contribution in [0.1, 0.15) is 44.9 Å². The summed E-state index contributed by atoms with van der Waals surface area (Å²) in [6.45, 7) is 0.647. The third kappa shape index (κ3) is 2.75. The van der Waals surface area contributed by atoms with Gasteiger partial charge in [-0.05, 0) is 50.9 Å². The molecular formula is C16H28O5. The Morgan fingerprint density at radius 2 is 1.86 bits per heavy atom. The van der Waals surface area contributed by atoms with Crippen molar-refractivity contribution in [2.24, 2.45) is 5.92 Å². The molecule has 3 fully saturated rings. The van der Waals surface area contributed by atoms with Gasteiger partial charge in [0.2, 0.25) is 0 Å². The topological polar surface area (TPSA) is 49.5 Å². The summed E-state index contributed by atoms with van der Waals surface area (Å²) in [5.74, 6) is -0.359. The summed E-state index contributed by atoms with van der Waals surface area (Å²) in [4.78, 5) is 0. The lowest BCUT2D eigenvalue weighted by Crippen LogP contribution is -2.62. The normalized spacial score (nSPS) is 41.6. The van der Waals surface area contributed by atoms with E-state index in [0.29, 0.717) is 24.7 Å². The molecule has 0 bridgehead atoms. The van der Waals surface area contributed by atoms with E-state index in [2.05, 4.69) is 0 Å². The molecule has 0 aromatic carbocycles. The van der Waals surface area contributed by atoms with Crippen molar-refractivity contribution >= 4 is 0 Å². The number of epoxide rings is 1. The van der Waals surface area contributed by atoms with Crippen LogP contribution in [0.25, 0.3) is 0 Å². The molecule has 0 N–H and O–H groups in total. The molecule has 4 unspecified atom stereocenters. The van der Waals surface area contributed by atoms with E-state index >= 15 is 0 Å². The molecule has 3 rings (SSSR count). The van der Waals surface area contributed by atoms with E-state index in [1.807, 2.05) is 0 Å². The standard InChI is InChI=1S/C16H28O5/c1-17-15(8-4-10-20-16(15,18-2)19-3)9-7-12-5-6-13-14(11-12)21-13/h12-14H,4-11H2,1-3H3. The number of ether oxygens (including phenoxy) is 5. The second-order valence-corrected chi connectivity index (χ2v) is 6.55. The molecule has 5 heteroatoms. The van der Waals surface area contributed by atoms with E-state index in [0.717, 1.165) is 25.7 Å². The van der Waals surface area contributed by atoms with E-state index in [1.54, 1.807) is 21.3 Å². The van der Waals surface area contributed by atoms with Crippen molar-refractivity contribution in [1.29, 1.82) is 0 Å². The first-order valence-electron chi connectivity index (χ1n) is 8.13. The maximum absolute atomic E-state index is 5.90. The second kappa shape index (κ2) is 6.13. The number of hydrogen-bond acceptors (Lipinski definition) is 5. The van der Waals surface area contributed by atoms with Crippen LogP contribution in [0, 0.1) is 5.92 Å². The van der Waals surface area contributed by atoms with E-state index < -0.39 is 11.6 Å². The zero-order valence-corrected chi connectivity index (χ0v) is 13.4. The Labute approximate surface area is 127 Å². The van der Waals surface area contributed by atoms with E-state index in [-0.39, 0.29) is 0 Å². The van der Waals surface area contributed by atoms with Crippen molar-refractivity contribution in [1.82, 2.24) is 0 Å². The van der Waals surface area contributed by atoms with Gasteiger partial charge in [-0.25, -0.2) is 0 Å². The van der Waals surface area contributed by atoms with Crippen molar-refractivity contribution in [2.45, 2.75) is 68.7 Å². The Morgan fingerprint density at radius 1 is 1.05 bits per heavy atom. The molecular weight excluding hydrogens is 272 g/mol. The van der Waals surface area contributed by atoms with Crippen LogP contribution in [0.5, 0.6) is 0 Å². The quantitative estimate of drug-likeness (QED) is 0.557. The SMILES string of the molecule is COC1(CCC2CCC3OC3C2)CCCOC1(OC)OC. The van der Waals surface area contributed by atoms with Crippen molar-refractivity contribution in [2.75, 3.05) is 27.9 Å². The molecule has 0 amide bonds. The molecule has 4 atom stereocenters. The van der Waals surface area contributed by atoms with Gasteiger partial charge in [0.1, 0.15) is 5.60 Å². The first-order valence-corrected chi connectivity index (χ1v) is 8.13. The molecule has 0 radical (unpaired) electrons. The average Bonchev–Trinajstić information content (AvgIpc) is 3.31. The van der Waals surface area contributed by atoms with E-state index in [4.69, 9.17) is 23.7 Å². The maximum Gasteiger partial charge on any atom is 0.313 e. The van der Waals surface area contributed by atoms with Crippen LogP contribution in [0.2, 0.25) is 0 Å². The van der Waals surface area contributed by atoms with Gasteiger partial charge in [-0.15, -0.1) is 0 Å². The minimum Gasteiger partial charge on any atom is -0.370 e. The van der Waals surface area contributed by atoms with E-state index in [9.17, 15) is 0 Å². The Balaban J connectivity index is 1.65. The van der Waals surface area contributed by atoms with Crippen molar-refractivity contribution < 1.29 is 23.7 Å². The van der Waals surface area contributed by atoms with Crippen LogP contribution in [0.15, 0.2) is 0 Å². The molecule has 1 aliphatic carbocycles. The summed E-state index contributed by atoms with van der Waals surface area (Å²) in [6, 6.07) is 0. The van der Waals surface area contributed by atoms with Gasteiger partial charge in [0, 0.05) is 21.3 Å². The van der Waals surface area contributed by atoms with Crippen LogP contribution < -0.4 is 0 Å². The Morgan fingerprint density at radius 3 is 2.52 bits per heavy atom. The van der Waals surface area contributed by atoms with Crippen LogP contribution >= 0.6 is 0 Å². The second-order valence-electron chi connectivity index (χ2n) is 6.55. The van der Waals surface area contributed by atoms with Crippen molar-refractivity contribution in [3.63, 3.8) is 0 Å². The largest absolute Gasteiger partial charge is 0.370 e. The lowest BCUT2D eigenvalue weighted by Gasteiger charge is -2.49. The summed E-state index contributed by atoms with van der Waals surface area (Å²) in [5, 5.41) is 0. The molecule has 2 saturated heterocycles. The summed E-state index contributed by atoms with van der Waals surface area (Å²) >= 11 is 0. The molecule has 21 heavy (non-hydrogen) atoms. The Bertz CT molecular complexity index is 357. The number of methoxy groups -OCH3 is 3. The molecule has 0 spiro atoms. The van der Waals surface area contributed by atoms with Gasteiger partial charge in [-0.2, -0.15) is 0 Å². The minimum atomic E-state index is -1.08.